The predicted octanol–water partition coefficient (Wildman–Crippen LogP) is 4.44. The van der Waals surface area contributed by atoms with E-state index in [4.69, 9.17) is 21.4 Å². The maximum absolute atomic E-state index is 12.6. The Hall–Kier alpha value is -2.81. The number of alkyl halides is 3. The first-order valence-electron chi connectivity index (χ1n) is 7.71. The van der Waals surface area contributed by atoms with Gasteiger partial charge in [0, 0.05) is 6.20 Å². The third-order valence-corrected chi connectivity index (χ3v) is 3.64. The first-order valence-corrected chi connectivity index (χ1v) is 8.09. The molecule has 0 aliphatic heterocycles. The van der Waals surface area contributed by atoms with Crippen LogP contribution >= 0.6 is 11.6 Å². The lowest BCUT2D eigenvalue weighted by molar-refractivity contribution is -0.139. The Balaban J connectivity index is 2.13. The Morgan fingerprint density at radius 1 is 1.33 bits per heavy atom. The van der Waals surface area contributed by atoms with Crippen LogP contribution in [0.2, 0.25) is 5.02 Å². The van der Waals surface area contributed by atoms with E-state index in [-0.39, 0.29) is 10.8 Å². The van der Waals surface area contributed by atoms with Gasteiger partial charge in [0.25, 0.3) is 0 Å². The van der Waals surface area contributed by atoms with Gasteiger partial charge in [-0.3, -0.25) is 5.43 Å². The molecule has 6 nitrogen and oxygen atoms in total. The number of anilines is 1. The number of ether oxygens (including phenoxy) is 1. The second kappa shape index (κ2) is 8.72. The number of nitrogens with one attached hydrogen (secondary N) is 1. The van der Waals surface area contributed by atoms with Crippen molar-refractivity contribution >= 4 is 29.1 Å². The van der Waals surface area contributed by atoms with E-state index in [0.29, 0.717) is 24.1 Å². The van der Waals surface area contributed by atoms with Gasteiger partial charge in [0.1, 0.15) is 5.75 Å². The largest absolute Gasteiger partial charge is 0.482 e. The quantitative estimate of drug-likeness (QED) is 0.529. The van der Waals surface area contributed by atoms with Gasteiger partial charge < -0.3 is 9.84 Å². The Bertz CT molecular complexity index is 840. The molecule has 2 N–H and O–H groups in total. The molecule has 0 atom stereocenters. The molecule has 0 radical (unpaired) electrons. The van der Waals surface area contributed by atoms with Crippen molar-refractivity contribution in [1.29, 1.82) is 0 Å². The van der Waals surface area contributed by atoms with Gasteiger partial charge in [0.2, 0.25) is 0 Å². The first-order chi connectivity index (χ1) is 12.7. The van der Waals surface area contributed by atoms with E-state index >= 15 is 0 Å². The zero-order valence-corrected chi connectivity index (χ0v) is 14.8. The zero-order chi connectivity index (χ0) is 20.0. The normalized spacial score (nSPS) is 12.0. The maximum atomic E-state index is 12.6. The highest BCUT2D eigenvalue weighted by Gasteiger charge is 2.31. The average Bonchev–Trinajstić information content (AvgIpc) is 2.61. The first kappa shape index (κ1) is 20.5. The van der Waals surface area contributed by atoms with Gasteiger partial charge in [-0.1, -0.05) is 18.5 Å². The number of benzene rings is 1. The number of halogens is 4. The molecule has 1 aromatic heterocycles. The molecule has 144 valence electrons. The van der Waals surface area contributed by atoms with Crippen LogP contribution in [0.4, 0.5) is 19.0 Å². The summed E-state index contributed by atoms with van der Waals surface area (Å²) in [4.78, 5) is 14.1. The molecule has 1 heterocycles. The SMILES string of the molecule is CC/C(=N/Nc1ncc(C(F)(F)F)cc1Cl)c1ccc(OCC(=O)O)cc1. The number of pyridine rings is 1. The number of hydrogen-bond donors (Lipinski definition) is 2. The van der Waals surface area contributed by atoms with Gasteiger partial charge in [-0.25, -0.2) is 9.78 Å². The highest BCUT2D eigenvalue weighted by molar-refractivity contribution is 6.33. The molecule has 2 rings (SSSR count). The number of carboxylic acids is 1. The van der Waals surface area contributed by atoms with Gasteiger partial charge in [0.05, 0.1) is 16.3 Å². The fourth-order valence-corrected chi connectivity index (χ4v) is 2.24. The lowest BCUT2D eigenvalue weighted by Gasteiger charge is -2.10. The fraction of sp³-hybridized carbons (Fsp3) is 0.235. The molecule has 0 amide bonds. The van der Waals surface area contributed by atoms with Gasteiger partial charge in [0.15, 0.2) is 12.4 Å². The molecular formula is C17H15ClF3N3O3. The molecule has 0 bridgehead atoms. The van der Waals surface area contributed by atoms with Gasteiger partial charge in [-0.05, 0) is 42.3 Å². The lowest BCUT2D eigenvalue weighted by atomic mass is 10.1. The highest BCUT2D eigenvalue weighted by atomic mass is 35.5. The number of aromatic nitrogens is 1. The topological polar surface area (TPSA) is 83.8 Å². The lowest BCUT2D eigenvalue weighted by Crippen LogP contribution is -2.10. The number of rotatable bonds is 7. The van der Waals surface area contributed by atoms with Crippen LogP contribution in [-0.4, -0.2) is 28.4 Å². The summed E-state index contributed by atoms with van der Waals surface area (Å²) in [7, 11) is 0. The molecule has 2 aromatic rings. The van der Waals surface area contributed by atoms with E-state index in [0.717, 1.165) is 11.6 Å². The summed E-state index contributed by atoms with van der Waals surface area (Å²) in [6.07, 6.45) is -3.35. The van der Waals surface area contributed by atoms with Crippen LogP contribution < -0.4 is 10.2 Å². The molecular weight excluding hydrogens is 387 g/mol. The van der Waals surface area contributed by atoms with Crippen LogP contribution in [0.3, 0.4) is 0 Å². The summed E-state index contributed by atoms with van der Waals surface area (Å²) in [6, 6.07) is 7.32. The Morgan fingerprint density at radius 3 is 2.52 bits per heavy atom. The Labute approximate surface area is 157 Å². The van der Waals surface area contributed by atoms with E-state index in [2.05, 4.69) is 15.5 Å². The summed E-state index contributed by atoms with van der Waals surface area (Å²) >= 11 is 5.83. The van der Waals surface area contributed by atoms with Crippen LogP contribution in [0, 0.1) is 0 Å². The van der Waals surface area contributed by atoms with Crippen molar-refractivity contribution in [2.24, 2.45) is 5.10 Å². The van der Waals surface area contributed by atoms with Gasteiger partial charge >= 0.3 is 12.1 Å². The summed E-state index contributed by atoms with van der Waals surface area (Å²) in [6.45, 7) is 1.39. The number of hydrazone groups is 1. The minimum atomic E-state index is -4.53. The Kier molecular flexibility index (Phi) is 6.62. The van der Waals surface area contributed by atoms with Crippen LogP contribution in [0.15, 0.2) is 41.6 Å². The van der Waals surface area contributed by atoms with Crippen molar-refractivity contribution < 1.29 is 27.8 Å². The monoisotopic (exact) mass is 401 g/mol. The van der Waals surface area contributed by atoms with E-state index in [9.17, 15) is 18.0 Å². The number of hydrogen-bond acceptors (Lipinski definition) is 5. The number of nitrogens with zero attached hydrogens (tertiary/aromatic N) is 2. The fourth-order valence-electron chi connectivity index (χ4n) is 2.03. The third kappa shape index (κ3) is 5.85. The van der Waals surface area contributed by atoms with Crippen LogP contribution in [0.1, 0.15) is 24.5 Å². The van der Waals surface area contributed by atoms with Crippen molar-refractivity contribution in [3.05, 3.63) is 52.7 Å². The molecule has 0 unspecified atom stereocenters. The summed E-state index contributed by atoms with van der Waals surface area (Å²) in [5.41, 5.74) is 2.93. The summed E-state index contributed by atoms with van der Waals surface area (Å²) < 4.78 is 42.9. The Morgan fingerprint density at radius 2 is 2.00 bits per heavy atom. The second-order valence-corrected chi connectivity index (χ2v) is 5.69. The minimum absolute atomic E-state index is 0.00275. The zero-order valence-electron chi connectivity index (χ0n) is 14.0. The number of carbonyl (C=O) groups is 1. The summed E-state index contributed by atoms with van der Waals surface area (Å²) in [5.74, 6) is -0.700. The van der Waals surface area contributed by atoms with Gasteiger partial charge in [-0.15, -0.1) is 0 Å². The summed E-state index contributed by atoms with van der Waals surface area (Å²) in [5, 5.41) is 12.5. The van der Waals surface area contributed by atoms with Crippen LogP contribution in [-0.2, 0) is 11.0 Å². The van der Waals surface area contributed by atoms with Crippen molar-refractivity contribution in [2.75, 3.05) is 12.0 Å². The van der Waals surface area contributed by atoms with E-state index in [1.165, 1.54) is 0 Å². The van der Waals surface area contributed by atoms with E-state index < -0.39 is 24.3 Å². The molecule has 27 heavy (non-hydrogen) atoms. The highest BCUT2D eigenvalue weighted by Crippen LogP contribution is 2.32. The molecule has 0 fully saturated rings. The molecule has 0 aliphatic rings. The van der Waals surface area contributed by atoms with Crippen LogP contribution in [0.5, 0.6) is 5.75 Å². The van der Waals surface area contributed by atoms with E-state index in [1.807, 2.05) is 6.92 Å². The molecule has 0 aliphatic carbocycles. The standard InChI is InChI=1S/C17H15ClF3N3O3/c1-2-14(10-3-5-12(6-4-10)27-9-15(25)26)23-24-16-13(18)7-11(8-22-16)17(19,20)21/h3-8H,2,9H2,1H3,(H,22,24)(H,25,26)/b23-14-. The van der Waals surface area contributed by atoms with Crippen molar-refractivity contribution in [2.45, 2.75) is 19.5 Å². The van der Waals surface area contributed by atoms with Crippen molar-refractivity contribution in [3.8, 4) is 5.75 Å². The van der Waals surface area contributed by atoms with Crippen molar-refractivity contribution in [3.63, 3.8) is 0 Å². The molecule has 0 saturated heterocycles. The minimum Gasteiger partial charge on any atom is -0.482 e. The maximum Gasteiger partial charge on any atom is 0.417 e. The molecule has 0 spiro atoms. The van der Waals surface area contributed by atoms with Crippen LogP contribution in [0.25, 0.3) is 0 Å². The third-order valence-electron chi connectivity index (χ3n) is 3.35. The number of carboxylic acid groups (broad SMARTS) is 1. The van der Waals surface area contributed by atoms with E-state index in [1.54, 1.807) is 24.3 Å². The number of aliphatic carboxylic acids is 1. The smallest absolute Gasteiger partial charge is 0.417 e. The molecule has 10 heteroatoms. The average molecular weight is 402 g/mol. The van der Waals surface area contributed by atoms with Crippen molar-refractivity contribution in [1.82, 2.24) is 4.98 Å². The van der Waals surface area contributed by atoms with Gasteiger partial charge in [-0.2, -0.15) is 18.3 Å². The second-order valence-electron chi connectivity index (χ2n) is 5.28. The predicted molar refractivity (Wildman–Crippen MR) is 94.3 cm³/mol. The molecule has 1 aromatic carbocycles. The molecule has 0 saturated carbocycles.